The third-order valence-electron chi connectivity index (χ3n) is 7.42. The van der Waals surface area contributed by atoms with Crippen LogP contribution in [-0.2, 0) is 10.0 Å². The molecule has 1 aliphatic heterocycles. The highest BCUT2D eigenvalue weighted by molar-refractivity contribution is 7.89. The van der Waals surface area contributed by atoms with Gasteiger partial charge >= 0.3 is 0 Å². The molecule has 1 heterocycles. The molecule has 0 radical (unpaired) electrons. The van der Waals surface area contributed by atoms with Crippen molar-refractivity contribution >= 4 is 38.9 Å². The Hall–Kier alpha value is -4.09. The Kier molecular flexibility index (Phi) is 10.4. The van der Waals surface area contributed by atoms with E-state index in [4.69, 9.17) is 17.0 Å². The summed E-state index contributed by atoms with van der Waals surface area (Å²) in [5.41, 5.74) is 3.35. The number of sulfonamides is 1. The molecule has 0 aromatic heterocycles. The zero-order chi connectivity index (χ0) is 30.9. The summed E-state index contributed by atoms with van der Waals surface area (Å²) in [5.74, 6) is 0.244. The van der Waals surface area contributed by atoms with Gasteiger partial charge in [-0.2, -0.15) is 4.31 Å². The van der Waals surface area contributed by atoms with Crippen LogP contribution in [0.2, 0.25) is 0 Å². The second-order valence-electron chi connectivity index (χ2n) is 10.5. The predicted octanol–water partition coefficient (Wildman–Crippen LogP) is 5.70. The lowest BCUT2D eigenvalue weighted by Gasteiger charge is -2.39. The number of amides is 1. The van der Waals surface area contributed by atoms with Crippen LogP contribution < -0.4 is 15.4 Å². The largest absolute Gasteiger partial charge is 0.494 e. The number of nitrogens with one attached hydrogen (secondary N) is 2. The Morgan fingerprint density at radius 1 is 0.841 bits per heavy atom. The van der Waals surface area contributed by atoms with Gasteiger partial charge in [-0.15, -0.1) is 0 Å². The van der Waals surface area contributed by atoms with Crippen molar-refractivity contribution in [3.63, 3.8) is 0 Å². The number of nitrogens with zero attached hydrogens (tertiary/aromatic N) is 2. The summed E-state index contributed by atoms with van der Waals surface area (Å²) >= 11 is 5.32. The fraction of sp³-hybridized carbons (Fsp3) is 0.235. The van der Waals surface area contributed by atoms with E-state index in [9.17, 15) is 13.2 Å². The van der Waals surface area contributed by atoms with Gasteiger partial charge < -0.3 is 10.1 Å². The third-order valence-corrected chi connectivity index (χ3v) is 9.53. The summed E-state index contributed by atoms with van der Waals surface area (Å²) in [7, 11) is -3.69. The van der Waals surface area contributed by atoms with Crippen LogP contribution in [0.3, 0.4) is 0 Å². The Morgan fingerprint density at radius 3 is 2.05 bits per heavy atom. The van der Waals surface area contributed by atoms with Gasteiger partial charge in [0.1, 0.15) is 5.75 Å². The Balaban J connectivity index is 1.18. The molecule has 2 N–H and O–H groups in total. The quantitative estimate of drug-likeness (QED) is 0.218. The minimum atomic E-state index is -3.69. The molecule has 1 saturated heterocycles. The molecule has 0 atom stereocenters. The van der Waals surface area contributed by atoms with E-state index in [2.05, 4.69) is 39.8 Å². The number of rotatable bonds is 10. The first-order valence-corrected chi connectivity index (χ1v) is 16.5. The summed E-state index contributed by atoms with van der Waals surface area (Å²) in [6.45, 7) is 4.57. The van der Waals surface area contributed by atoms with Crippen LogP contribution in [0.5, 0.6) is 5.75 Å². The van der Waals surface area contributed by atoms with E-state index < -0.39 is 10.0 Å². The predicted molar refractivity (Wildman–Crippen MR) is 177 cm³/mol. The van der Waals surface area contributed by atoms with Gasteiger partial charge in [-0.25, -0.2) is 8.42 Å². The van der Waals surface area contributed by atoms with Gasteiger partial charge in [0.25, 0.3) is 5.91 Å². The lowest BCUT2D eigenvalue weighted by atomic mass is 9.96. The maximum atomic E-state index is 13.5. The lowest BCUT2D eigenvalue weighted by Crippen LogP contribution is -2.49. The maximum Gasteiger partial charge on any atom is 0.257 e. The number of hydrogen-bond acceptors (Lipinski definition) is 6. The number of carbonyl (C=O) groups excluding carboxylic acids is 1. The fourth-order valence-electron chi connectivity index (χ4n) is 5.23. The summed E-state index contributed by atoms with van der Waals surface area (Å²) < 4.78 is 34.2. The van der Waals surface area contributed by atoms with Crippen LogP contribution >= 0.6 is 12.2 Å². The first-order valence-electron chi connectivity index (χ1n) is 14.6. The zero-order valence-corrected chi connectivity index (χ0v) is 26.2. The first kappa shape index (κ1) is 31.3. The molecule has 4 aromatic rings. The summed E-state index contributed by atoms with van der Waals surface area (Å²) in [5, 5.41) is 5.71. The van der Waals surface area contributed by atoms with E-state index in [1.165, 1.54) is 11.1 Å². The molecular formula is C34H36N4O4S2. The molecule has 0 bridgehead atoms. The number of carbonyl (C=O) groups is 1. The lowest BCUT2D eigenvalue weighted by molar-refractivity contribution is 0.0977. The van der Waals surface area contributed by atoms with Gasteiger partial charge in [0.15, 0.2) is 5.11 Å². The topological polar surface area (TPSA) is 91.0 Å². The van der Waals surface area contributed by atoms with Gasteiger partial charge in [-0.1, -0.05) is 73.7 Å². The van der Waals surface area contributed by atoms with Crippen molar-refractivity contribution in [2.75, 3.05) is 38.1 Å². The zero-order valence-electron chi connectivity index (χ0n) is 24.6. The number of piperazine rings is 1. The smallest absolute Gasteiger partial charge is 0.257 e. The van der Waals surface area contributed by atoms with Crippen LogP contribution in [-0.4, -0.2) is 61.4 Å². The van der Waals surface area contributed by atoms with E-state index >= 15 is 0 Å². The second-order valence-corrected chi connectivity index (χ2v) is 12.8. The number of anilines is 1. The van der Waals surface area contributed by atoms with Gasteiger partial charge in [0.2, 0.25) is 10.0 Å². The van der Waals surface area contributed by atoms with E-state index in [1.807, 2.05) is 43.3 Å². The van der Waals surface area contributed by atoms with E-state index in [0.29, 0.717) is 49.8 Å². The molecule has 0 spiro atoms. The minimum Gasteiger partial charge on any atom is -0.494 e. The molecule has 1 fully saturated rings. The van der Waals surface area contributed by atoms with Crippen LogP contribution in [0.4, 0.5) is 5.69 Å². The third kappa shape index (κ3) is 7.70. The molecule has 4 aromatic carbocycles. The molecule has 228 valence electrons. The van der Waals surface area contributed by atoms with E-state index in [1.54, 1.807) is 52.8 Å². The van der Waals surface area contributed by atoms with Gasteiger partial charge in [0, 0.05) is 37.4 Å². The summed E-state index contributed by atoms with van der Waals surface area (Å²) in [6, 6.07) is 34.0. The second kappa shape index (κ2) is 14.6. The maximum absolute atomic E-state index is 13.5. The average Bonchev–Trinajstić information content (AvgIpc) is 3.05. The molecule has 0 aliphatic carbocycles. The molecule has 10 heteroatoms. The molecule has 8 nitrogen and oxygen atoms in total. The van der Waals surface area contributed by atoms with Gasteiger partial charge in [-0.05, 0) is 72.2 Å². The fourth-order valence-corrected chi connectivity index (χ4v) is 6.86. The number of thiocarbonyl (C=S) groups is 1. The van der Waals surface area contributed by atoms with E-state index in [0.717, 1.165) is 6.42 Å². The van der Waals surface area contributed by atoms with Crippen LogP contribution in [0, 0.1) is 0 Å². The summed E-state index contributed by atoms with van der Waals surface area (Å²) in [6.07, 6.45) is 0.866. The first-order chi connectivity index (χ1) is 21.3. The molecule has 5 rings (SSSR count). The molecular weight excluding hydrogens is 593 g/mol. The Labute approximate surface area is 264 Å². The monoisotopic (exact) mass is 628 g/mol. The minimum absolute atomic E-state index is 0.0512. The van der Waals surface area contributed by atoms with Crippen LogP contribution in [0.1, 0.15) is 40.9 Å². The number of hydrogen-bond donors (Lipinski definition) is 2. The Bertz CT molecular complexity index is 1620. The SMILES string of the molecule is CCCOc1cccc(C(=O)NC(=S)Nc2ccc(S(=O)(=O)N3CCN(C(c4ccccc4)c4ccccc4)CC3)cc2)c1. The van der Waals surface area contributed by atoms with Crippen molar-refractivity contribution in [1.82, 2.24) is 14.5 Å². The van der Waals surface area contributed by atoms with Crippen molar-refractivity contribution in [2.45, 2.75) is 24.3 Å². The van der Waals surface area contributed by atoms with Gasteiger partial charge in [0.05, 0.1) is 17.5 Å². The molecule has 1 aliphatic rings. The van der Waals surface area contributed by atoms with Crippen molar-refractivity contribution in [1.29, 1.82) is 0 Å². The van der Waals surface area contributed by atoms with Crippen molar-refractivity contribution < 1.29 is 17.9 Å². The molecule has 0 unspecified atom stereocenters. The highest BCUT2D eigenvalue weighted by Crippen LogP contribution is 2.30. The van der Waals surface area contributed by atoms with Crippen molar-refractivity contribution in [2.24, 2.45) is 0 Å². The number of ether oxygens (including phenoxy) is 1. The van der Waals surface area contributed by atoms with E-state index in [-0.39, 0.29) is 22.0 Å². The summed E-state index contributed by atoms with van der Waals surface area (Å²) in [4.78, 5) is 15.2. The van der Waals surface area contributed by atoms with Crippen molar-refractivity contribution in [3.05, 3.63) is 126 Å². The number of benzene rings is 4. The van der Waals surface area contributed by atoms with Crippen LogP contribution in [0.15, 0.2) is 114 Å². The normalized spacial score (nSPS) is 14.2. The molecule has 0 saturated carbocycles. The van der Waals surface area contributed by atoms with Gasteiger partial charge in [-0.3, -0.25) is 15.0 Å². The average molecular weight is 629 g/mol. The molecule has 44 heavy (non-hydrogen) atoms. The highest BCUT2D eigenvalue weighted by Gasteiger charge is 2.32. The highest BCUT2D eigenvalue weighted by atomic mass is 32.2. The Morgan fingerprint density at radius 2 is 1.45 bits per heavy atom. The van der Waals surface area contributed by atoms with Crippen LogP contribution in [0.25, 0.3) is 0 Å². The molecule has 1 amide bonds. The standard InChI is InChI=1S/C34H36N4O4S2/c1-2-24-42-30-15-9-14-28(25-30)33(39)36-34(43)35-29-16-18-31(19-17-29)44(40,41)38-22-20-37(21-23-38)32(26-10-5-3-6-11-26)27-12-7-4-8-13-27/h3-19,25,32H,2,20-24H2,1H3,(H2,35,36,39,43). The van der Waals surface area contributed by atoms with Crippen molar-refractivity contribution in [3.8, 4) is 5.75 Å².